The predicted octanol–water partition coefficient (Wildman–Crippen LogP) is 1.07. The van der Waals surface area contributed by atoms with Gasteiger partial charge in [0.2, 0.25) is 0 Å². The van der Waals surface area contributed by atoms with Crippen LogP contribution >= 0.6 is 0 Å². The van der Waals surface area contributed by atoms with E-state index in [-0.39, 0.29) is 0 Å². The van der Waals surface area contributed by atoms with E-state index in [1.54, 1.807) is 0 Å². The van der Waals surface area contributed by atoms with E-state index < -0.39 is 0 Å². The van der Waals surface area contributed by atoms with E-state index in [0.717, 1.165) is 38.7 Å². The summed E-state index contributed by atoms with van der Waals surface area (Å²) in [5.41, 5.74) is 1.20. The molecule has 1 aromatic rings. The van der Waals surface area contributed by atoms with Crippen LogP contribution in [0.15, 0.2) is 24.3 Å². The van der Waals surface area contributed by atoms with E-state index in [1.807, 2.05) is 12.1 Å². The Bertz CT molecular complexity index is 437. The smallest absolute Gasteiger partial charge is 0.119 e. The van der Waals surface area contributed by atoms with Gasteiger partial charge in [-0.2, -0.15) is 0 Å². The van der Waals surface area contributed by atoms with Crippen LogP contribution in [0.5, 0.6) is 5.75 Å². The first kappa shape index (κ1) is 12.4. The van der Waals surface area contributed by atoms with Gasteiger partial charge in [0, 0.05) is 18.8 Å². The van der Waals surface area contributed by atoms with E-state index in [4.69, 9.17) is 18.9 Å². The molecule has 0 bridgehead atoms. The maximum absolute atomic E-state index is 5.66. The lowest BCUT2D eigenvalue weighted by Gasteiger charge is -2.23. The van der Waals surface area contributed by atoms with Crippen molar-refractivity contribution >= 4 is 5.69 Å². The summed E-state index contributed by atoms with van der Waals surface area (Å²) >= 11 is 0. The van der Waals surface area contributed by atoms with Crippen LogP contribution in [0.3, 0.4) is 0 Å². The second kappa shape index (κ2) is 5.24. The molecule has 2 unspecified atom stereocenters. The van der Waals surface area contributed by atoms with Gasteiger partial charge in [-0.1, -0.05) is 0 Å². The second-order valence-electron chi connectivity index (χ2n) is 5.58. The van der Waals surface area contributed by atoms with E-state index in [0.29, 0.717) is 24.9 Å². The Morgan fingerprint density at radius 3 is 1.95 bits per heavy atom. The molecule has 0 aromatic heterocycles. The minimum Gasteiger partial charge on any atom is -0.491 e. The Labute approximate surface area is 118 Å². The number of ether oxygens (including phenoxy) is 4. The van der Waals surface area contributed by atoms with Gasteiger partial charge in [-0.05, 0) is 24.3 Å². The number of epoxide rings is 3. The van der Waals surface area contributed by atoms with Gasteiger partial charge in [0.05, 0.1) is 32.0 Å². The maximum Gasteiger partial charge on any atom is 0.119 e. The zero-order valence-corrected chi connectivity index (χ0v) is 11.4. The third kappa shape index (κ3) is 3.42. The lowest BCUT2D eigenvalue weighted by atomic mass is 10.2. The Kier molecular flexibility index (Phi) is 3.26. The van der Waals surface area contributed by atoms with E-state index in [9.17, 15) is 0 Å². The minimum absolute atomic E-state index is 0.296. The fourth-order valence-electron chi connectivity index (χ4n) is 2.23. The average Bonchev–Trinajstić information content (AvgIpc) is 3.32. The molecule has 0 aliphatic carbocycles. The predicted molar refractivity (Wildman–Crippen MR) is 73.4 cm³/mol. The van der Waals surface area contributed by atoms with E-state index in [2.05, 4.69) is 17.0 Å². The molecule has 0 N–H and O–H groups in total. The fraction of sp³-hybridized carbons (Fsp3) is 0.600. The molecule has 0 spiro atoms. The number of benzene rings is 1. The number of hydrogen-bond acceptors (Lipinski definition) is 5. The van der Waals surface area contributed by atoms with Crippen LogP contribution in [0.25, 0.3) is 0 Å². The zero-order chi connectivity index (χ0) is 13.4. The van der Waals surface area contributed by atoms with Crippen molar-refractivity contribution in [2.45, 2.75) is 18.3 Å². The summed E-state index contributed by atoms with van der Waals surface area (Å²) in [4.78, 5) is 2.34. The molecular formula is C15H19NO4. The van der Waals surface area contributed by atoms with Crippen LogP contribution in [-0.4, -0.2) is 57.8 Å². The summed E-state index contributed by atoms with van der Waals surface area (Å²) in [6.07, 6.45) is 1.07. The summed E-state index contributed by atoms with van der Waals surface area (Å²) in [5, 5.41) is 0. The van der Waals surface area contributed by atoms with Gasteiger partial charge in [0.25, 0.3) is 0 Å². The third-order valence-corrected chi connectivity index (χ3v) is 3.69. The fourth-order valence-corrected chi connectivity index (χ4v) is 2.23. The first-order chi connectivity index (χ1) is 9.87. The SMILES string of the molecule is c1cc(N(CC2CO2)CC2CO2)ccc1OC[C@@H]1CO1. The summed E-state index contributed by atoms with van der Waals surface area (Å²) in [6.45, 7) is 5.12. The highest BCUT2D eigenvalue weighted by atomic mass is 16.6. The molecule has 3 atom stereocenters. The van der Waals surface area contributed by atoms with E-state index >= 15 is 0 Å². The van der Waals surface area contributed by atoms with Crippen LogP contribution < -0.4 is 9.64 Å². The molecule has 3 aliphatic heterocycles. The lowest BCUT2D eigenvalue weighted by molar-refractivity contribution is 0.263. The molecular weight excluding hydrogens is 258 g/mol. The summed E-state index contributed by atoms with van der Waals surface area (Å²) in [7, 11) is 0. The van der Waals surface area contributed by atoms with Crippen molar-refractivity contribution in [3.05, 3.63) is 24.3 Å². The largest absolute Gasteiger partial charge is 0.491 e. The Hall–Kier alpha value is -1.30. The summed E-state index contributed by atoms with van der Waals surface area (Å²) < 4.78 is 21.5. The Morgan fingerprint density at radius 2 is 1.45 bits per heavy atom. The Morgan fingerprint density at radius 1 is 0.900 bits per heavy atom. The molecule has 4 rings (SSSR count). The van der Waals surface area contributed by atoms with Gasteiger partial charge in [-0.25, -0.2) is 0 Å². The molecule has 1 aromatic carbocycles. The minimum atomic E-state index is 0.296. The highest BCUT2D eigenvalue weighted by Gasteiger charge is 2.30. The monoisotopic (exact) mass is 277 g/mol. The molecule has 3 heterocycles. The van der Waals surface area contributed by atoms with Crippen molar-refractivity contribution in [1.29, 1.82) is 0 Å². The molecule has 5 heteroatoms. The van der Waals surface area contributed by atoms with Crippen molar-refractivity contribution < 1.29 is 18.9 Å². The number of rotatable bonds is 8. The number of hydrogen-bond donors (Lipinski definition) is 0. The van der Waals surface area contributed by atoms with Crippen LogP contribution in [0.1, 0.15) is 0 Å². The van der Waals surface area contributed by atoms with Gasteiger partial charge in [0.1, 0.15) is 18.5 Å². The number of anilines is 1. The molecule has 20 heavy (non-hydrogen) atoms. The molecule has 0 radical (unpaired) electrons. The Balaban J connectivity index is 1.38. The molecule has 5 nitrogen and oxygen atoms in total. The standard InChI is InChI=1S/C15H19NO4/c1-3-12(17-9-15-10-20-15)4-2-11(1)16(5-13-7-18-13)6-14-8-19-14/h1-4,13-15H,5-10H2/t13?,14?,15-/m1/s1. The van der Waals surface area contributed by atoms with Crippen molar-refractivity contribution in [2.75, 3.05) is 44.4 Å². The van der Waals surface area contributed by atoms with Gasteiger partial charge in [-0.15, -0.1) is 0 Å². The van der Waals surface area contributed by atoms with Crippen molar-refractivity contribution in [2.24, 2.45) is 0 Å². The molecule has 3 fully saturated rings. The molecule has 0 amide bonds. The first-order valence-electron chi connectivity index (χ1n) is 7.19. The van der Waals surface area contributed by atoms with Crippen LogP contribution in [-0.2, 0) is 14.2 Å². The van der Waals surface area contributed by atoms with Crippen LogP contribution in [0, 0.1) is 0 Å². The van der Waals surface area contributed by atoms with Crippen LogP contribution in [0.2, 0.25) is 0 Å². The normalized spacial score (nSPS) is 29.9. The van der Waals surface area contributed by atoms with Crippen LogP contribution in [0.4, 0.5) is 5.69 Å². The van der Waals surface area contributed by atoms with Gasteiger partial charge >= 0.3 is 0 Å². The quantitative estimate of drug-likeness (QED) is 0.665. The molecule has 0 saturated carbocycles. The van der Waals surface area contributed by atoms with Gasteiger partial charge < -0.3 is 23.8 Å². The highest BCUT2D eigenvalue weighted by molar-refractivity contribution is 5.49. The summed E-state index contributed by atoms with van der Waals surface area (Å²) in [5.74, 6) is 0.898. The number of nitrogens with zero attached hydrogens (tertiary/aromatic N) is 1. The van der Waals surface area contributed by atoms with Gasteiger partial charge in [0.15, 0.2) is 0 Å². The topological polar surface area (TPSA) is 50.1 Å². The highest BCUT2D eigenvalue weighted by Crippen LogP contribution is 2.25. The van der Waals surface area contributed by atoms with Crippen molar-refractivity contribution in [3.8, 4) is 5.75 Å². The zero-order valence-electron chi connectivity index (χ0n) is 11.4. The third-order valence-electron chi connectivity index (χ3n) is 3.69. The van der Waals surface area contributed by atoms with Crippen molar-refractivity contribution in [1.82, 2.24) is 0 Å². The second-order valence-corrected chi connectivity index (χ2v) is 5.58. The maximum atomic E-state index is 5.66. The lowest BCUT2D eigenvalue weighted by Crippen LogP contribution is -2.31. The molecule has 3 saturated heterocycles. The first-order valence-corrected chi connectivity index (χ1v) is 7.19. The summed E-state index contributed by atoms with van der Waals surface area (Å²) in [6, 6.07) is 8.25. The van der Waals surface area contributed by atoms with E-state index in [1.165, 1.54) is 5.69 Å². The van der Waals surface area contributed by atoms with Gasteiger partial charge in [-0.3, -0.25) is 0 Å². The molecule has 3 aliphatic rings. The molecule has 108 valence electrons. The van der Waals surface area contributed by atoms with Crippen molar-refractivity contribution in [3.63, 3.8) is 0 Å². The average molecular weight is 277 g/mol.